The Morgan fingerprint density at radius 3 is 2.83 bits per heavy atom. The van der Waals surface area contributed by atoms with Crippen molar-refractivity contribution < 1.29 is 4.79 Å². The van der Waals surface area contributed by atoms with Gasteiger partial charge in [-0.1, -0.05) is 12.2 Å². The minimum Gasteiger partial charge on any atom is -0.341 e. The topological polar surface area (TPSA) is 61.0 Å². The number of hydrogen-bond donors (Lipinski definition) is 2. The van der Waals surface area contributed by atoms with Gasteiger partial charge in [0.1, 0.15) is 6.04 Å². The lowest BCUT2D eigenvalue weighted by molar-refractivity contribution is -0.133. The predicted octanol–water partition coefficient (Wildman–Crippen LogP) is 0.644. The smallest absolute Gasteiger partial charge is 0.243 e. The van der Waals surface area contributed by atoms with Crippen molar-refractivity contribution in [2.24, 2.45) is 0 Å². The first-order valence-corrected chi connectivity index (χ1v) is 6.52. The second kappa shape index (κ2) is 4.94. The normalized spacial score (nSPS) is 24.7. The third-order valence-electron chi connectivity index (χ3n) is 3.82. The Labute approximate surface area is 106 Å². The Bertz CT molecular complexity index is 432. The minimum absolute atomic E-state index is 0.103. The van der Waals surface area contributed by atoms with Gasteiger partial charge in [-0.25, -0.2) is 0 Å². The number of carbonyl (C=O) groups excluding carboxylic acids is 1. The van der Waals surface area contributed by atoms with Crippen molar-refractivity contribution in [1.29, 1.82) is 0 Å². The summed E-state index contributed by atoms with van der Waals surface area (Å²) in [5.74, 6) is 0.732. The molecule has 5 heteroatoms. The van der Waals surface area contributed by atoms with E-state index in [0.29, 0.717) is 5.92 Å². The van der Waals surface area contributed by atoms with Crippen LogP contribution < -0.4 is 5.32 Å². The maximum atomic E-state index is 12.2. The van der Waals surface area contributed by atoms with Gasteiger partial charge < -0.3 is 4.90 Å². The van der Waals surface area contributed by atoms with Crippen LogP contribution in [0.15, 0.2) is 24.4 Å². The highest BCUT2D eigenvalue weighted by molar-refractivity contribution is 5.84. The number of nitrogens with one attached hydrogen (secondary N) is 2. The highest BCUT2D eigenvalue weighted by Gasteiger charge is 2.28. The lowest BCUT2D eigenvalue weighted by Crippen LogP contribution is -2.46. The molecule has 0 bridgehead atoms. The van der Waals surface area contributed by atoms with Gasteiger partial charge in [0, 0.05) is 37.4 Å². The maximum Gasteiger partial charge on any atom is 0.243 e. The summed E-state index contributed by atoms with van der Waals surface area (Å²) in [6.07, 6.45) is 7.80. The number of hydrogen-bond acceptors (Lipinski definition) is 3. The number of carbonyl (C=O) groups is 1. The molecule has 0 spiro atoms. The molecule has 1 fully saturated rings. The molecule has 5 nitrogen and oxygen atoms in total. The fourth-order valence-corrected chi connectivity index (χ4v) is 2.74. The predicted molar refractivity (Wildman–Crippen MR) is 68.1 cm³/mol. The van der Waals surface area contributed by atoms with Gasteiger partial charge in [-0.05, 0) is 18.9 Å². The number of piperidine rings is 1. The summed E-state index contributed by atoms with van der Waals surface area (Å²) in [7, 11) is 0. The van der Waals surface area contributed by atoms with Crippen LogP contribution in [-0.4, -0.2) is 46.7 Å². The first-order chi connectivity index (χ1) is 8.84. The molecule has 1 saturated heterocycles. The third-order valence-corrected chi connectivity index (χ3v) is 3.82. The number of likely N-dealkylation sites (tertiary alicyclic amines) is 1. The highest BCUT2D eigenvalue weighted by Crippen LogP contribution is 2.26. The number of aromatic nitrogens is 2. The van der Waals surface area contributed by atoms with E-state index in [0.717, 1.165) is 32.5 Å². The molecule has 2 N–H and O–H groups in total. The van der Waals surface area contributed by atoms with E-state index >= 15 is 0 Å². The van der Waals surface area contributed by atoms with Crippen LogP contribution in [0.2, 0.25) is 0 Å². The lowest BCUT2D eigenvalue weighted by Gasteiger charge is -2.32. The molecule has 1 amide bonds. The fraction of sp³-hybridized carbons (Fsp3) is 0.538. The van der Waals surface area contributed by atoms with E-state index in [-0.39, 0.29) is 11.9 Å². The molecule has 1 atom stereocenters. The molecule has 96 valence electrons. The van der Waals surface area contributed by atoms with Gasteiger partial charge in [-0.2, -0.15) is 5.10 Å². The van der Waals surface area contributed by atoms with Gasteiger partial charge in [0.05, 0.1) is 0 Å². The summed E-state index contributed by atoms with van der Waals surface area (Å²) in [4.78, 5) is 14.2. The number of aromatic amines is 1. The summed E-state index contributed by atoms with van der Waals surface area (Å²) in [5, 5.41) is 10.2. The van der Waals surface area contributed by atoms with Crippen LogP contribution >= 0.6 is 0 Å². The van der Waals surface area contributed by atoms with E-state index < -0.39 is 0 Å². The maximum absolute atomic E-state index is 12.2. The number of amides is 1. The van der Waals surface area contributed by atoms with E-state index in [1.54, 1.807) is 6.20 Å². The molecule has 0 aromatic carbocycles. The van der Waals surface area contributed by atoms with Crippen molar-refractivity contribution >= 4 is 5.91 Å². The van der Waals surface area contributed by atoms with E-state index in [9.17, 15) is 4.79 Å². The first-order valence-electron chi connectivity index (χ1n) is 6.52. The molecule has 18 heavy (non-hydrogen) atoms. The largest absolute Gasteiger partial charge is 0.341 e. The van der Waals surface area contributed by atoms with Gasteiger partial charge in [0.2, 0.25) is 5.91 Å². The highest BCUT2D eigenvalue weighted by atomic mass is 16.2. The van der Waals surface area contributed by atoms with E-state index in [1.807, 2.05) is 23.1 Å². The van der Waals surface area contributed by atoms with E-state index in [2.05, 4.69) is 15.5 Å². The van der Waals surface area contributed by atoms with Gasteiger partial charge in [-0.3, -0.25) is 15.2 Å². The van der Waals surface area contributed by atoms with Crippen LogP contribution in [-0.2, 0) is 4.79 Å². The van der Waals surface area contributed by atoms with E-state index in [1.165, 1.54) is 5.69 Å². The molecule has 0 radical (unpaired) electrons. The second-order valence-corrected chi connectivity index (χ2v) is 4.93. The monoisotopic (exact) mass is 246 g/mol. The molecule has 1 aromatic rings. The van der Waals surface area contributed by atoms with Gasteiger partial charge in [-0.15, -0.1) is 0 Å². The summed E-state index contributed by atoms with van der Waals surface area (Å²) in [6, 6.07) is 1.93. The zero-order valence-electron chi connectivity index (χ0n) is 10.3. The standard InChI is InChI=1S/C13H18N4O/c18-13(12-2-1-6-14-12)17-8-4-10(5-9-17)11-3-7-15-16-11/h1-3,7,10,12,14H,4-6,8-9H2,(H,15,16)/t12-/m1/s1. The Balaban J connectivity index is 1.56. The average Bonchev–Trinajstić information content (AvgIpc) is 3.11. The van der Waals surface area contributed by atoms with Gasteiger partial charge in [0.25, 0.3) is 0 Å². The minimum atomic E-state index is -0.103. The van der Waals surface area contributed by atoms with Crippen molar-refractivity contribution in [3.8, 4) is 0 Å². The molecule has 1 aromatic heterocycles. The van der Waals surface area contributed by atoms with Crippen molar-refractivity contribution in [2.45, 2.75) is 24.8 Å². The number of rotatable bonds is 2. The molecule has 3 rings (SSSR count). The van der Waals surface area contributed by atoms with Crippen LogP contribution in [0.5, 0.6) is 0 Å². The van der Waals surface area contributed by atoms with Crippen LogP contribution in [0.1, 0.15) is 24.5 Å². The van der Waals surface area contributed by atoms with Crippen LogP contribution in [0.25, 0.3) is 0 Å². The zero-order chi connectivity index (χ0) is 12.4. The number of H-pyrrole nitrogens is 1. The summed E-state index contributed by atoms with van der Waals surface area (Å²) < 4.78 is 0. The van der Waals surface area contributed by atoms with Crippen LogP contribution in [0.3, 0.4) is 0 Å². The molecular weight excluding hydrogens is 228 g/mol. The molecule has 2 aliphatic rings. The summed E-state index contributed by atoms with van der Waals surface area (Å²) in [5.41, 5.74) is 1.20. The lowest BCUT2D eigenvalue weighted by atomic mass is 9.93. The Kier molecular flexibility index (Phi) is 3.15. The third kappa shape index (κ3) is 2.18. The van der Waals surface area contributed by atoms with Crippen LogP contribution in [0, 0.1) is 0 Å². The van der Waals surface area contributed by atoms with Crippen molar-refractivity contribution in [3.05, 3.63) is 30.1 Å². The summed E-state index contributed by atoms with van der Waals surface area (Å²) >= 11 is 0. The SMILES string of the molecule is O=C([C@H]1C=CCN1)N1CCC(c2ccn[nH]2)CC1. The van der Waals surface area contributed by atoms with Gasteiger partial charge in [0.15, 0.2) is 0 Å². The summed E-state index contributed by atoms with van der Waals surface area (Å²) in [6.45, 7) is 2.49. The number of nitrogens with zero attached hydrogens (tertiary/aromatic N) is 2. The quantitative estimate of drug-likeness (QED) is 0.753. The molecule has 0 saturated carbocycles. The Morgan fingerprint density at radius 2 is 2.22 bits per heavy atom. The van der Waals surface area contributed by atoms with Crippen molar-refractivity contribution in [2.75, 3.05) is 19.6 Å². The van der Waals surface area contributed by atoms with Crippen molar-refractivity contribution in [3.63, 3.8) is 0 Å². The van der Waals surface area contributed by atoms with Crippen molar-refractivity contribution in [1.82, 2.24) is 20.4 Å². The molecule has 0 unspecified atom stereocenters. The molecule has 3 heterocycles. The Morgan fingerprint density at radius 1 is 1.39 bits per heavy atom. The average molecular weight is 246 g/mol. The van der Waals surface area contributed by atoms with Gasteiger partial charge >= 0.3 is 0 Å². The first kappa shape index (κ1) is 11.5. The molecular formula is C13H18N4O. The van der Waals surface area contributed by atoms with E-state index in [4.69, 9.17) is 0 Å². The Hall–Kier alpha value is -1.62. The second-order valence-electron chi connectivity index (χ2n) is 4.93. The molecule has 2 aliphatic heterocycles. The zero-order valence-corrected chi connectivity index (χ0v) is 10.3. The van der Waals surface area contributed by atoms with Crippen LogP contribution in [0.4, 0.5) is 0 Å². The fourth-order valence-electron chi connectivity index (χ4n) is 2.74. The molecule has 0 aliphatic carbocycles.